The van der Waals surface area contributed by atoms with Gasteiger partial charge in [0.15, 0.2) is 12.6 Å². The van der Waals surface area contributed by atoms with Crippen molar-refractivity contribution in [3.63, 3.8) is 0 Å². The van der Waals surface area contributed by atoms with Gasteiger partial charge in [-0.2, -0.15) is 0 Å². The van der Waals surface area contributed by atoms with Gasteiger partial charge in [0, 0.05) is 19.2 Å². The van der Waals surface area contributed by atoms with Crippen molar-refractivity contribution in [1.82, 2.24) is 15.6 Å². The Bertz CT molecular complexity index is 419. The first-order chi connectivity index (χ1) is 9.65. The molecule has 0 amide bonds. The number of rotatable bonds is 7. The number of aromatic nitrogens is 1. The lowest BCUT2D eigenvalue weighted by Gasteiger charge is -2.09. The smallest absolute Gasteiger partial charge is 0.272 e. The largest absolute Gasteiger partial charge is 0.472 e. The number of ether oxygens (including phenoxy) is 1. The van der Waals surface area contributed by atoms with Crippen molar-refractivity contribution in [3.8, 4) is 5.88 Å². The summed E-state index contributed by atoms with van der Waals surface area (Å²) in [6.45, 7) is 5.17. The van der Waals surface area contributed by atoms with Gasteiger partial charge in [-0.3, -0.25) is 0 Å². The Hall–Kier alpha value is -1.92. The zero-order chi connectivity index (χ0) is 14.8. The maximum absolute atomic E-state index is 12.1. The molecule has 7 heteroatoms. The average Bonchev–Trinajstić information content (AvgIpc) is 2.43. The van der Waals surface area contributed by atoms with Gasteiger partial charge < -0.3 is 15.4 Å². The fraction of sp³-hybridized carbons (Fsp3) is 0.538. The quantitative estimate of drug-likeness (QED) is 0.593. The second-order valence-electron chi connectivity index (χ2n) is 3.89. The minimum absolute atomic E-state index is 0.187. The van der Waals surface area contributed by atoms with Crippen molar-refractivity contribution in [2.45, 2.75) is 26.8 Å². The highest BCUT2D eigenvalue weighted by atomic mass is 19.3. The highest BCUT2D eigenvalue weighted by Crippen LogP contribution is 2.09. The normalized spacial score (nSPS) is 10.2. The predicted octanol–water partition coefficient (Wildman–Crippen LogP) is 1.80. The molecule has 2 N–H and O–H groups in total. The van der Waals surface area contributed by atoms with Crippen molar-refractivity contribution in [2.24, 2.45) is 4.99 Å². The lowest BCUT2D eigenvalue weighted by Crippen LogP contribution is -2.37. The van der Waals surface area contributed by atoms with E-state index < -0.39 is 13.0 Å². The number of alkyl halides is 2. The van der Waals surface area contributed by atoms with Crippen molar-refractivity contribution in [1.29, 1.82) is 0 Å². The molecule has 0 fully saturated rings. The zero-order valence-corrected chi connectivity index (χ0v) is 11.7. The van der Waals surface area contributed by atoms with Crippen LogP contribution in [0.1, 0.15) is 19.5 Å². The van der Waals surface area contributed by atoms with E-state index in [1.54, 1.807) is 18.2 Å². The Morgan fingerprint density at radius 2 is 2.00 bits per heavy atom. The Labute approximate surface area is 117 Å². The molecule has 0 atom stereocenters. The maximum atomic E-state index is 12.1. The molecule has 0 aliphatic carbocycles. The third-order valence-corrected chi connectivity index (χ3v) is 2.23. The maximum Gasteiger partial charge on any atom is 0.272 e. The standard InChI is InChI=1S/C13H20F2N4O/c1-3-16-13(17-4-2)18-8-10-6-5-7-12(19-10)20-9-11(14)15/h5-7,11H,3-4,8-9H2,1-2H3,(H2,16,17,18). The molecule has 0 saturated heterocycles. The summed E-state index contributed by atoms with van der Waals surface area (Å²) in [4.78, 5) is 8.46. The Morgan fingerprint density at radius 1 is 1.30 bits per heavy atom. The Balaban J connectivity index is 2.62. The topological polar surface area (TPSA) is 58.5 Å². The summed E-state index contributed by atoms with van der Waals surface area (Å²) in [5, 5.41) is 6.18. The van der Waals surface area contributed by atoms with Gasteiger partial charge in [-0.05, 0) is 19.9 Å². The Morgan fingerprint density at radius 3 is 2.60 bits per heavy atom. The fourth-order valence-corrected chi connectivity index (χ4v) is 1.44. The summed E-state index contributed by atoms with van der Waals surface area (Å²) >= 11 is 0. The van der Waals surface area contributed by atoms with E-state index in [4.69, 9.17) is 4.74 Å². The van der Waals surface area contributed by atoms with Crippen molar-refractivity contribution in [2.75, 3.05) is 19.7 Å². The molecule has 1 aromatic rings. The number of guanidine groups is 1. The number of nitrogens with one attached hydrogen (secondary N) is 2. The van der Waals surface area contributed by atoms with Gasteiger partial charge in [-0.1, -0.05) is 6.07 Å². The molecule has 112 valence electrons. The first kappa shape index (κ1) is 16.1. The van der Waals surface area contributed by atoms with E-state index in [0.717, 1.165) is 13.1 Å². The number of hydrogen-bond donors (Lipinski definition) is 2. The molecule has 0 radical (unpaired) electrons. The summed E-state index contributed by atoms with van der Waals surface area (Å²) in [7, 11) is 0. The highest BCUT2D eigenvalue weighted by molar-refractivity contribution is 5.79. The van der Waals surface area contributed by atoms with E-state index in [2.05, 4.69) is 20.6 Å². The van der Waals surface area contributed by atoms with Crippen LogP contribution in [0.2, 0.25) is 0 Å². The molecule has 0 spiro atoms. The molecule has 1 aromatic heterocycles. The van der Waals surface area contributed by atoms with Crippen LogP contribution in [0.4, 0.5) is 8.78 Å². The van der Waals surface area contributed by atoms with Crippen molar-refractivity contribution >= 4 is 5.96 Å². The van der Waals surface area contributed by atoms with Crippen LogP contribution in [0.25, 0.3) is 0 Å². The van der Waals surface area contributed by atoms with Crippen molar-refractivity contribution in [3.05, 3.63) is 23.9 Å². The SMILES string of the molecule is CCNC(=NCc1cccc(OCC(F)F)n1)NCC. The molecular weight excluding hydrogens is 266 g/mol. The molecule has 0 bridgehead atoms. The van der Waals surface area contributed by atoms with Gasteiger partial charge in [0.1, 0.15) is 0 Å². The molecule has 20 heavy (non-hydrogen) atoms. The molecule has 0 unspecified atom stereocenters. The molecule has 1 heterocycles. The van der Waals surface area contributed by atoms with Crippen LogP contribution >= 0.6 is 0 Å². The predicted molar refractivity (Wildman–Crippen MR) is 74.2 cm³/mol. The highest BCUT2D eigenvalue weighted by Gasteiger charge is 2.05. The van der Waals surface area contributed by atoms with Gasteiger partial charge in [0.2, 0.25) is 5.88 Å². The second kappa shape index (κ2) is 9.06. The van der Waals surface area contributed by atoms with E-state index in [9.17, 15) is 8.78 Å². The summed E-state index contributed by atoms with van der Waals surface area (Å²) in [6, 6.07) is 5.03. The third-order valence-electron chi connectivity index (χ3n) is 2.23. The van der Waals surface area contributed by atoms with Gasteiger partial charge in [-0.25, -0.2) is 18.8 Å². The van der Waals surface area contributed by atoms with Crippen LogP contribution in [0.15, 0.2) is 23.2 Å². The molecule has 5 nitrogen and oxygen atoms in total. The van der Waals surface area contributed by atoms with Crippen LogP contribution < -0.4 is 15.4 Å². The number of aliphatic imine (C=N–C) groups is 1. The van der Waals surface area contributed by atoms with E-state index >= 15 is 0 Å². The molecule has 0 saturated carbocycles. The van der Waals surface area contributed by atoms with Crippen LogP contribution in [0, 0.1) is 0 Å². The minimum Gasteiger partial charge on any atom is -0.472 e. The lowest BCUT2D eigenvalue weighted by atomic mass is 10.3. The molecule has 1 rings (SSSR count). The number of nitrogens with zero attached hydrogens (tertiary/aromatic N) is 2. The first-order valence-electron chi connectivity index (χ1n) is 6.54. The monoisotopic (exact) mass is 286 g/mol. The van der Waals surface area contributed by atoms with Crippen LogP contribution in [0.3, 0.4) is 0 Å². The van der Waals surface area contributed by atoms with E-state index in [-0.39, 0.29) is 5.88 Å². The second-order valence-corrected chi connectivity index (χ2v) is 3.89. The number of hydrogen-bond acceptors (Lipinski definition) is 3. The summed E-state index contributed by atoms with van der Waals surface area (Å²) in [6.07, 6.45) is -2.51. The van der Waals surface area contributed by atoms with E-state index in [1.807, 2.05) is 13.8 Å². The molecule has 0 aliphatic rings. The zero-order valence-electron chi connectivity index (χ0n) is 11.7. The van der Waals surface area contributed by atoms with Gasteiger partial charge in [0.05, 0.1) is 12.2 Å². The fourth-order valence-electron chi connectivity index (χ4n) is 1.44. The minimum atomic E-state index is -2.51. The van der Waals surface area contributed by atoms with E-state index in [1.165, 1.54) is 0 Å². The molecular formula is C13H20F2N4O. The van der Waals surface area contributed by atoms with Crippen LogP contribution in [-0.2, 0) is 6.54 Å². The van der Waals surface area contributed by atoms with Gasteiger partial charge >= 0.3 is 0 Å². The average molecular weight is 286 g/mol. The van der Waals surface area contributed by atoms with Gasteiger partial charge in [-0.15, -0.1) is 0 Å². The number of pyridine rings is 1. The summed E-state index contributed by atoms with van der Waals surface area (Å²) in [5.74, 6) is 0.877. The van der Waals surface area contributed by atoms with Crippen molar-refractivity contribution < 1.29 is 13.5 Å². The van der Waals surface area contributed by atoms with Crippen LogP contribution in [0.5, 0.6) is 5.88 Å². The summed E-state index contributed by atoms with van der Waals surface area (Å²) < 4.78 is 29.0. The van der Waals surface area contributed by atoms with E-state index in [0.29, 0.717) is 18.2 Å². The van der Waals surface area contributed by atoms with Gasteiger partial charge in [0.25, 0.3) is 6.43 Å². The molecule has 0 aliphatic heterocycles. The molecule has 0 aromatic carbocycles. The third kappa shape index (κ3) is 6.31. The van der Waals surface area contributed by atoms with Crippen LogP contribution in [-0.4, -0.2) is 37.1 Å². The number of halogens is 2. The Kier molecular flexibility index (Phi) is 7.31. The lowest BCUT2D eigenvalue weighted by molar-refractivity contribution is 0.0795. The summed E-state index contributed by atoms with van der Waals surface area (Å²) in [5.41, 5.74) is 0.657. The first-order valence-corrected chi connectivity index (χ1v) is 6.54.